The number of primary amides is 1. The number of phenols is 1. The number of amides is 8. The predicted molar refractivity (Wildman–Crippen MR) is 247 cm³/mol. The molecule has 2 aliphatic heterocycles. The average Bonchev–Trinajstić information content (AvgIpc) is 3.27. The zero-order valence-electron chi connectivity index (χ0n) is 40.0. The Morgan fingerprint density at radius 2 is 1.41 bits per heavy atom. The molecule has 2 bridgehead atoms. The van der Waals surface area contributed by atoms with Gasteiger partial charge in [-0.15, -0.1) is 0 Å². The number of ether oxygens (including phenoxy) is 1. The summed E-state index contributed by atoms with van der Waals surface area (Å²) in [4.78, 5) is 128. The second-order valence-corrected chi connectivity index (χ2v) is 18.7. The van der Waals surface area contributed by atoms with E-state index in [1.165, 1.54) is 26.1 Å². The Balaban J connectivity index is 1.88. The summed E-state index contributed by atoms with van der Waals surface area (Å²) >= 11 is 0. The van der Waals surface area contributed by atoms with Crippen LogP contribution in [0.25, 0.3) is 0 Å². The Bertz CT molecular complexity index is 2130. The summed E-state index contributed by atoms with van der Waals surface area (Å²) in [5.74, 6) is -8.98. The molecule has 2 heterocycles. The second kappa shape index (κ2) is 24.5. The zero-order chi connectivity index (χ0) is 50.6. The van der Waals surface area contributed by atoms with Crippen LogP contribution >= 0.6 is 0 Å². The molecule has 9 N–H and O–H groups in total. The SMILES string of the molecule is CC(C)C[C@@H]1NC(=O)[C@@H](NC(=O)[C@H](CCC(N)=O)NC(=O)C(C)C)[C@@H](C)OC(=O)[C@H](C(C)C)NC(=O)C(Cc2ccc(O)cc2)N(C)C(=O)[C@H](Cc2ccccc2)N2C(=O)[C@H](CC[C@H]2O)NC1=O. The standard InChI is InChI=1S/C48H68N8O12/c1-25(2)22-34-43(62)51-33-19-21-38(59)56(46(33)65)36(24-29-12-10-9-11-13-29)47(66)55(8)35(23-30-14-16-31(57)17-15-30)44(63)53-39(26(3)4)48(67)68-28(7)40(45(64)52-34)54-42(61)32(18-20-37(49)58)50-41(60)27(5)6/h9-17,25-28,32-36,38-40,57,59H,18-24H2,1-8H3,(H2,49,58)(H,50,60)(H,51,62)(H,52,64)(H,53,63)(H,54,61)/t28-,32+,33+,34+,35?,36+,38-,39+,40+/m1/s1. The molecule has 20 nitrogen and oxygen atoms in total. The van der Waals surface area contributed by atoms with Gasteiger partial charge in [-0.1, -0.05) is 84.0 Å². The smallest absolute Gasteiger partial charge is 0.329 e. The third-order valence-corrected chi connectivity index (χ3v) is 12.0. The molecule has 2 saturated heterocycles. The van der Waals surface area contributed by atoms with E-state index in [0.29, 0.717) is 11.1 Å². The van der Waals surface area contributed by atoms with E-state index in [1.807, 2.05) is 0 Å². The molecule has 0 saturated carbocycles. The zero-order valence-corrected chi connectivity index (χ0v) is 40.0. The van der Waals surface area contributed by atoms with Crippen LogP contribution < -0.4 is 32.3 Å². The van der Waals surface area contributed by atoms with Gasteiger partial charge in [0.15, 0.2) is 0 Å². The van der Waals surface area contributed by atoms with Crippen LogP contribution in [0.2, 0.25) is 0 Å². The molecule has 1 unspecified atom stereocenters. The lowest BCUT2D eigenvalue weighted by Crippen LogP contribution is -2.65. The molecule has 4 rings (SSSR count). The molecule has 9 atom stereocenters. The van der Waals surface area contributed by atoms with E-state index in [2.05, 4.69) is 26.6 Å². The van der Waals surface area contributed by atoms with Gasteiger partial charge < -0.3 is 57.1 Å². The minimum atomic E-state index is -1.75. The van der Waals surface area contributed by atoms with Crippen molar-refractivity contribution < 1.29 is 58.1 Å². The van der Waals surface area contributed by atoms with Crippen LogP contribution in [0.4, 0.5) is 0 Å². The highest BCUT2D eigenvalue weighted by molar-refractivity contribution is 5.98. The van der Waals surface area contributed by atoms with Crippen molar-refractivity contribution in [3.8, 4) is 5.75 Å². The number of nitrogens with zero attached hydrogens (tertiary/aromatic N) is 2. The van der Waals surface area contributed by atoms with Crippen molar-refractivity contribution in [3.05, 3.63) is 65.7 Å². The number of aliphatic hydroxyl groups excluding tert-OH is 1. The maximum Gasteiger partial charge on any atom is 0.329 e. The van der Waals surface area contributed by atoms with E-state index in [-0.39, 0.29) is 56.6 Å². The number of hydrogen-bond acceptors (Lipinski definition) is 12. The molecule has 20 heteroatoms. The number of carbonyl (C=O) groups excluding carboxylic acids is 9. The number of nitrogens with two attached hydrogens (primary N) is 1. The van der Waals surface area contributed by atoms with Gasteiger partial charge in [-0.05, 0) is 67.7 Å². The summed E-state index contributed by atoms with van der Waals surface area (Å²) in [6.07, 6.45) is -3.92. The van der Waals surface area contributed by atoms with Gasteiger partial charge in [-0.25, -0.2) is 4.79 Å². The Hall–Kier alpha value is -6.57. The first-order valence-electron chi connectivity index (χ1n) is 23.1. The normalized spacial score (nSPS) is 25.1. The van der Waals surface area contributed by atoms with Gasteiger partial charge in [0, 0.05) is 32.2 Å². The lowest BCUT2D eigenvalue weighted by Gasteiger charge is -2.43. The number of nitrogens with one attached hydrogen (secondary N) is 5. The maximum absolute atomic E-state index is 15.0. The number of benzene rings is 2. The number of piperidine rings is 1. The topological polar surface area (TPSA) is 296 Å². The molecule has 372 valence electrons. The fraction of sp³-hybridized carbons (Fsp3) is 0.562. The van der Waals surface area contributed by atoms with Crippen LogP contribution in [0.3, 0.4) is 0 Å². The van der Waals surface area contributed by atoms with Crippen molar-refractivity contribution in [2.45, 2.75) is 148 Å². The summed E-state index contributed by atoms with van der Waals surface area (Å²) in [6, 6.07) is 4.65. The van der Waals surface area contributed by atoms with E-state index in [1.54, 1.807) is 84.0 Å². The molecule has 2 aromatic carbocycles. The number of hydrogen-bond donors (Lipinski definition) is 8. The van der Waals surface area contributed by atoms with Gasteiger partial charge in [-0.3, -0.25) is 38.4 Å². The van der Waals surface area contributed by atoms with E-state index in [9.17, 15) is 48.6 Å². The summed E-state index contributed by atoms with van der Waals surface area (Å²) in [7, 11) is 1.36. The van der Waals surface area contributed by atoms with Gasteiger partial charge in [0.25, 0.3) is 0 Å². The quantitative estimate of drug-likeness (QED) is 0.119. The molecule has 0 radical (unpaired) electrons. The average molecular weight is 949 g/mol. The molecule has 0 aliphatic carbocycles. The molecule has 8 amide bonds. The van der Waals surface area contributed by atoms with Gasteiger partial charge in [0.05, 0.1) is 0 Å². The Morgan fingerprint density at radius 1 is 0.794 bits per heavy atom. The Labute approximate surface area is 396 Å². The molecular formula is C48H68N8O12. The number of cyclic esters (lactones) is 1. The predicted octanol–water partition coefficient (Wildman–Crippen LogP) is 0.307. The van der Waals surface area contributed by atoms with E-state index in [4.69, 9.17) is 10.5 Å². The van der Waals surface area contributed by atoms with Gasteiger partial charge >= 0.3 is 5.97 Å². The number of aromatic hydroxyl groups is 1. The van der Waals surface area contributed by atoms with Crippen LogP contribution in [0.5, 0.6) is 5.75 Å². The first kappa shape index (κ1) is 54.0. The second-order valence-electron chi connectivity index (χ2n) is 18.7. The molecule has 2 fully saturated rings. The highest BCUT2D eigenvalue weighted by Crippen LogP contribution is 2.26. The number of rotatable bonds is 14. The number of fused-ring (bicyclic) bond motifs is 2. The Morgan fingerprint density at radius 3 is 2.00 bits per heavy atom. The van der Waals surface area contributed by atoms with Gasteiger partial charge in [-0.2, -0.15) is 0 Å². The number of aliphatic hydroxyl groups is 1. The third kappa shape index (κ3) is 14.7. The summed E-state index contributed by atoms with van der Waals surface area (Å²) in [6.45, 7) is 11.3. The van der Waals surface area contributed by atoms with Crippen molar-refractivity contribution in [3.63, 3.8) is 0 Å². The molecule has 0 spiro atoms. The van der Waals surface area contributed by atoms with Crippen LogP contribution in [0.15, 0.2) is 54.6 Å². The largest absolute Gasteiger partial charge is 0.508 e. The molecular weight excluding hydrogens is 881 g/mol. The van der Waals surface area contributed by atoms with Gasteiger partial charge in [0.1, 0.15) is 60.4 Å². The number of likely N-dealkylation sites (N-methyl/N-ethyl adjacent to an activating group) is 1. The fourth-order valence-electron chi connectivity index (χ4n) is 8.04. The van der Waals surface area contributed by atoms with Crippen LogP contribution in [0.1, 0.15) is 91.7 Å². The summed E-state index contributed by atoms with van der Waals surface area (Å²) < 4.78 is 5.86. The van der Waals surface area contributed by atoms with E-state index >= 15 is 4.79 Å². The molecule has 2 aliphatic rings. The first-order valence-corrected chi connectivity index (χ1v) is 23.1. The fourth-order valence-corrected chi connectivity index (χ4v) is 8.04. The maximum atomic E-state index is 15.0. The molecule has 68 heavy (non-hydrogen) atoms. The van der Waals surface area contributed by atoms with Crippen molar-refractivity contribution >= 4 is 53.2 Å². The lowest BCUT2D eigenvalue weighted by molar-refractivity contribution is -0.165. The van der Waals surface area contributed by atoms with E-state index in [0.717, 1.165) is 9.80 Å². The van der Waals surface area contributed by atoms with Crippen molar-refractivity contribution in [2.75, 3.05) is 7.05 Å². The summed E-state index contributed by atoms with van der Waals surface area (Å²) in [5, 5.41) is 34.7. The monoisotopic (exact) mass is 948 g/mol. The first-order chi connectivity index (χ1) is 32.0. The molecule has 2 aromatic rings. The summed E-state index contributed by atoms with van der Waals surface area (Å²) in [5.41, 5.74) is 6.50. The van der Waals surface area contributed by atoms with Crippen molar-refractivity contribution in [1.29, 1.82) is 0 Å². The molecule has 0 aromatic heterocycles. The number of carbonyl (C=O) groups is 9. The number of phenolic OH excluding ortho intramolecular Hbond substituents is 1. The number of esters is 1. The highest BCUT2D eigenvalue weighted by Gasteiger charge is 2.46. The minimum absolute atomic E-state index is 0.0229. The van der Waals surface area contributed by atoms with Crippen LogP contribution in [-0.2, 0) is 60.7 Å². The van der Waals surface area contributed by atoms with Gasteiger partial charge in [0.2, 0.25) is 47.3 Å². The van der Waals surface area contributed by atoms with E-state index < -0.39 is 120 Å². The van der Waals surface area contributed by atoms with Crippen LogP contribution in [-0.4, -0.2) is 135 Å². The van der Waals surface area contributed by atoms with Crippen LogP contribution in [0, 0.1) is 17.8 Å². The highest BCUT2D eigenvalue weighted by atomic mass is 16.5. The Kier molecular flexibility index (Phi) is 19.4. The lowest BCUT2D eigenvalue weighted by atomic mass is 9.95. The van der Waals surface area contributed by atoms with Crippen molar-refractivity contribution in [2.24, 2.45) is 23.5 Å². The third-order valence-electron chi connectivity index (χ3n) is 12.0. The van der Waals surface area contributed by atoms with Crippen molar-refractivity contribution in [1.82, 2.24) is 36.4 Å². The minimum Gasteiger partial charge on any atom is -0.508 e.